The van der Waals surface area contributed by atoms with Crippen LogP contribution in [0.15, 0.2) is 92.0 Å². The van der Waals surface area contributed by atoms with Gasteiger partial charge in [0.1, 0.15) is 0 Å². The van der Waals surface area contributed by atoms with Gasteiger partial charge in [0, 0.05) is 0 Å². The van der Waals surface area contributed by atoms with Crippen molar-refractivity contribution in [1.82, 2.24) is 9.13 Å². The molecular formula is C28H24N2O6. The van der Waals surface area contributed by atoms with Crippen molar-refractivity contribution in [2.24, 2.45) is 0 Å². The quantitative estimate of drug-likeness (QED) is 0.282. The summed E-state index contributed by atoms with van der Waals surface area (Å²) in [5.74, 6) is 0. The highest BCUT2D eigenvalue weighted by atomic mass is 16.5. The standard InChI is InChI=1S/C28H24N2O6/c31-25-21-15-23-24(28(34)30(27(23)33)12-14-36-18-20-9-5-2-6-10-20)16-22(21)26(32)29(25)11-13-35-17-19-7-3-1-4-8-19/h1-10,15-16H,11-14,17-18H2. The van der Waals surface area contributed by atoms with E-state index >= 15 is 0 Å². The summed E-state index contributed by atoms with van der Waals surface area (Å²) in [6.07, 6.45) is 0. The summed E-state index contributed by atoms with van der Waals surface area (Å²) in [7, 11) is 0. The van der Waals surface area contributed by atoms with Crippen LogP contribution in [0.5, 0.6) is 0 Å². The molecule has 182 valence electrons. The Hall–Kier alpha value is -4.14. The fourth-order valence-electron chi connectivity index (χ4n) is 4.32. The molecule has 0 fully saturated rings. The fraction of sp³-hybridized carbons (Fsp3) is 0.214. The van der Waals surface area contributed by atoms with Crippen LogP contribution < -0.4 is 22.2 Å². The maximum absolute atomic E-state index is 12.9. The van der Waals surface area contributed by atoms with Gasteiger partial charge in [0.2, 0.25) is 0 Å². The van der Waals surface area contributed by atoms with Crippen molar-refractivity contribution in [2.45, 2.75) is 26.3 Å². The van der Waals surface area contributed by atoms with E-state index in [1.807, 2.05) is 60.7 Å². The van der Waals surface area contributed by atoms with Crippen molar-refractivity contribution in [2.75, 3.05) is 13.2 Å². The summed E-state index contributed by atoms with van der Waals surface area (Å²) in [5, 5.41) is 0.519. The van der Waals surface area contributed by atoms with Crippen LogP contribution in [0.1, 0.15) is 11.1 Å². The minimum absolute atomic E-state index is 0.0800. The first kappa shape index (κ1) is 23.6. The number of hydrogen-bond donors (Lipinski definition) is 0. The van der Waals surface area contributed by atoms with Crippen LogP contribution in [0.3, 0.4) is 0 Å². The summed E-state index contributed by atoms with van der Waals surface area (Å²) >= 11 is 0. The molecule has 0 radical (unpaired) electrons. The Labute approximate surface area is 205 Å². The van der Waals surface area contributed by atoms with Gasteiger partial charge in [0.25, 0.3) is 22.2 Å². The van der Waals surface area contributed by atoms with Crippen molar-refractivity contribution in [1.29, 1.82) is 0 Å². The number of rotatable bonds is 10. The molecule has 0 aliphatic heterocycles. The lowest BCUT2D eigenvalue weighted by Gasteiger charge is -2.04. The molecule has 0 amide bonds. The maximum Gasteiger partial charge on any atom is 0.261 e. The molecule has 3 aromatic carbocycles. The normalized spacial score (nSPS) is 11.6. The van der Waals surface area contributed by atoms with Gasteiger partial charge in [-0.1, -0.05) is 60.7 Å². The molecule has 0 aliphatic carbocycles. The smallest absolute Gasteiger partial charge is 0.261 e. The van der Waals surface area contributed by atoms with Crippen LogP contribution >= 0.6 is 0 Å². The minimum Gasteiger partial charge on any atom is -0.375 e. The van der Waals surface area contributed by atoms with Gasteiger partial charge in [-0.3, -0.25) is 28.3 Å². The Kier molecular flexibility index (Phi) is 6.71. The molecule has 8 heteroatoms. The third-order valence-corrected chi connectivity index (χ3v) is 6.20. The SMILES string of the molecule is O=c1c2cc3c(=O)n(CCOCc4ccccc4)c(=O)c3cc2c(=O)n1CCOCc1ccccc1. The van der Waals surface area contributed by atoms with Crippen molar-refractivity contribution in [3.63, 3.8) is 0 Å². The Balaban J connectivity index is 1.33. The van der Waals surface area contributed by atoms with Gasteiger partial charge in [0.05, 0.1) is 61.1 Å². The van der Waals surface area contributed by atoms with Gasteiger partial charge in [-0.2, -0.15) is 0 Å². The largest absolute Gasteiger partial charge is 0.375 e. The molecule has 5 rings (SSSR count). The Morgan fingerprint density at radius 1 is 0.500 bits per heavy atom. The Morgan fingerprint density at radius 2 is 0.833 bits per heavy atom. The molecule has 0 atom stereocenters. The second-order valence-corrected chi connectivity index (χ2v) is 8.54. The first-order valence-corrected chi connectivity index (χ1v) is 11.7. The zero-order valence-electron chi connectivity index (χ0n) is 19.5. The van der Waals surface area contributed by atoms with Crippen molar-refractivity contribution in [3.05, 3.63) is 125 Å². The van der Waals surface area contributed by atoms with E-state index in [2.05, 4.69) is 0 Å². The molecule has 2 aromatic heterocycles. The van der Waals surface area contributed by atoms with Crippen LogP contribution in [0, 0.1) is 0 Å². The van der Waals surface area contributed by atoms with Gasteiger partial charge in [0.15, 0.2) is 0 Å². The summed E-state index contributed by atoms with van der Waals surface area (Å²) in [5.41, 5.74) is 0.000630. The lowest BCUT2D eigenvalue weighted by Crippen LogP contribution is -2.28. The summed E-state index contributed by atoms with van der Waals surface area (Å²) in [6.45, 7) is 1.25. The van der Waals surface area contributed by atoms with Crippen LogP contribution in [-0.4, -0.2) is 22.3 Å². The molecule has 5 aromatic rings. The molecule has 0 spiro atoms. The fourth-order valence-corrected chi connectivity index (χ4v) is 4.32. The van der Waals surface area contributed by atoms with Gasteiger partial charge in [-0.05, 0) is 23.3 Å². The first-order valence-electron chi connectivity index (χ1n) is 11.7. The van der Waals surface area contributed by atoms with E-state index in [0.29, 0.717) is 13.2 Å². The van der Waals surface area contributed by atoms with Gasteiger partial charge in [-0.25, -0.2) is 0 Å². The lowest BCUT2D eigenvalue weighted by molar-refractivity contribution is 0.112. The Morgan fingerprint density at radius 3 is 1.17 bits per heavy atom. The second-order valence-electron chi connectivity index (χ2n) is 8.54. The van der Waals surface area contributed by atoms with E-state index < -0.39 is 22.2 Å². The average molecular weight is 485 g/mol. The zero-order valence-corrected chi connectivity index (χ0v) is 19.5. The molecule has 0 N–H and O–H groups in total. The molecule has 0 saturated heterocycles. The summed E-state index contributed by atoms with van der Waals surface area (Å²) in [6, 6.07) is 21.9. The molecule has 0 saturated carbocycles. The third kappa shape index (κ3) is 4.56. The number of fused-ring (bicyclic) bond motifs is 2. The summed E-state index contributed by atoms with van der Waals surface area (Å²) in [4.78, 5) is 51.6. The molecule has 0 aliphatic rings. The molecular weight excluding hydrogens is 460 g/mol. The van der Waals surface area contributed by atoms with Crippen LogP contribution in [0.2, 0.25) is 0 Å². The third-order valence-electron chi connectivity index (χ3n) is 6.20. The van der Waals surface area contributed by atoms with Gasteiger partial charge < -0.3 is 9.47 Å². The van der Waals surface area contributed by atoms with Gasteiger partial charge >= 0.3 is 0 Å². The zero-order chi connectivity index (χ0) is 25.1. The number of aromatic nitrogens is 2. The van der Waals surface area contributed by atoms with E-state index in [9.17, 15) is 19.2 Å². The predicted octanol–water partition coefficient (Wildman–Crippen LogP) is 2.35. The molecule has 0 bridgehead atoms. The first-order chi connectivity index (χ1) is 17.5. The van der Waals surface area contributed by atoms with E-state index in [1.165, 1.54) is 12.1 Å². The summed E-state index contributed by atoms with van der Waals surface area (Å²) < 4.78 is 13.4. The highest BCUT2D eigenvalue weighted by Crippen LogP contribution is 2.14. The van der Waals surface area contributed by atoms with Crippen molar-refractivity contribution >= 4 is 21.5 Å². The predicted molar refractivity (Wildman–Crippen MR) is 137 cm³/mol. The van der Waals surface area contributed by atoms with E-state index in [4.69, 9.17) is 9.47 Å². The highest BCUT2D eigenvalue weighted by molar-refractivity contribution is 5.97. The number of benzene rings is 3. The minimum atomic E-state index is -0.494. The highest BCUT2D eigenvalue weighted by Gasteiger charge is 2.19. The molecule has 0 unspecified atom stereocenters. The molecule has 2 heterocycles. The van der Waals surface area contributed by atoms with Crippen LogP contribution in [-0.2, 0) is 35.8 Å². The molecule has 36 heavy (non-hydrogen) atoms. The number of hydrogen-bond acceptors (Lipinski definition) is 6. The van der Waals surface area contributed by atoms with Crippen molar-refractivity contribution in [3.8, 4) is 0 Å². The monoisotopic (exact) mass is 484 g/mol. The van der Waals surface area contributed by atoms with Crippen LogP contribution in [0.25, 0.3) is 21.5 Å². The van der Waals surface area contributed by atoms with E-state index in [1.54, 1.807) is 0 Å². The van der Waals surface area contributed by atoms with Gasteiger partial charge in [-0.15, -0.1) is 0 Å². The lowest BCUT2D eigenvalue weighted by atomic mass is 10.1. The Bertz CT molecular complexity index is 1510. The number of nitrogens with zero attached hydrogens (tertiary/aromatic N) is 2. The average Bonchev–Trinajstić information content (AvgIpc) is 3.28. The number of ether oxygens (including phenoxy) is 2. The topological polar surface area (TPSA) is 96.6 Å². The van der Waals surface area contributed by atoms with E-state index in [-0.39, 0.29) is 47.8 Å². The van der Waals surface area contributed by atoms with E-state index in [0.717, 1.165) is 20.3 Å². The maximum atomic E-state index is 12.9. The molecule has 8 nitrogen and oxygen atoms in total. The van der Waals surface area contributed by atoms with Crippen LogP contribution in [0.4, 0.5) is 0 Å². The van der Waals surface area contributed by atoms with Crippen molar-refractivity contribution < 1.29 is 9.47 Å². The second kappa shape index (κ2) is 10.2.